The summed E-state index contributed by atoms with van der Waals surface area (Å²) in [6.45, 7) is 4.80. The maximum Gasteiger partial charge on any atom is 0.343 e. The van der Waals surface area contributed by atoms with Gasteiger partial charge in [-0.15, -0.1) is 11.3 Å². The number of hydrogen-bond donors (Lipinski definition) is 2. The fourth-order valence-corrected chi connectivity index (χ4v) is 2.87. The fourth-order valence-electron chi connectivity index (χ4n) is 1.71. The second-order valence-corrected chi connectivity index (χ2v) is 5.77. The van der Waals surface area contributed by atoms with Crippen molar-refractivity contribution >= 4 is 33.9 Å². The molecule has 3 N–H and O–H groups in total. The van der Waals surface area contributed by atoms with Crippen LogP contribution in [0.2, 0.25) is 0 Å². The number of nitrogens with one attached hydrogen (secondary N) is 1. The van der Waals surface area contributed by atoms with Gasteiger partial charge in [0.05, 0.1) is 12.3 Å². The predicted molar refractivity (Wildman–Crippen MR) is 86.1 cm³/mol. The minimum absolute atomic E-state index is 0.191. The number of unbranched alkanes of at least 4 members (excludes halogenated alkanes) is 1. The van der Waals surface area contributed by atoms with E-state index in [1.165, 1.54) is 16.2 Å². The van der Waals surface area contributed by atoms with E-state index in [1.807, 2.05) is 0 Å². The van der Waals surface area contributed by atoms with Crippen molar-refractivity contribution in [3.63, 3.8) is 0 Å². The minimum Gasteiger partial charge on any atom is -0.462 e. The van der Waals surface area contributed by atoms with Gasteiger partial charge >= 0.3 is 5.97 Å². The maximum atomic E-state index is 12.1. The van der Waals surface area contributed by atoms with Crippen LogP contribution in [0.3, 0.4) is 0 Å². The van der Waals surface area contributed by atoms with E-state index in [4.69, 9.17) is 10.5 Å². The standard InChI is InChI=1S/C14H23N3O3S/c1-5-7-8-16-12-9(14(19)20-6-2)10(15)11(21-12)13(18)17(3)4/h16H,5-8,15H2,1-4H3. The molecule has 0 aliphatic rings. The van der Waals surface area contributed by atoms with Crippen molar-refractivity contribution in [2.45, 2.75) is 26.7 Å². The first-order valence-electron chi connectivity index (χ1n) is 6.98. The molecule has 0 aliphatic carbocycles. The molecule has 1 amide bonds. The van der Waals surface area contributed by atoms with Crippen molar-refractivity contribution in [3.8, 4) is 0 Å². The lowest BCUT2D eigenvalue weighted by Crippen LogP contribution is -2.21. The Labute approximate surface area is 129 Å². The van der Waals surface area contributed by atoms with E-state index in [1.54, 1.807) is 21.0 Å². The first kappa shape index (κ1) is 17.3. The smallest absolute Gasteiger partial charge is 0.343 e. The highest BCUT2D eigenvalue weighted by molar-refractivity contribution is 7.19. The van der Waals surface area contributed by atoms with Gasteiger partial charge < -0.3 is 20.7 Å². The minimum atomic E-state index is -0.497. The molecule has 0 saturated carbocycles. The normalized spacial score (nSPS) is 10.3. The van der Waals surface area contributed by atoms with Crippen molar-refractivity contribution in [1.82, 2.24) is 4.90 Å². The lowest BCUT2D eigenvalue weighted by atomic mass is 10.2. The zero-order chi connectivity index (χ0) is 16.0. The topological polar surface area (TPSA) is 84.7 Å². The monoisotopic (exact) mass is 313 g/mol. The summed E-state index contributed by atoms with van der Waals surface area (Å²) < 4.78 is 5.03. The Morgan fingerprint density at radius 1 is 1.33 bits per heavy atom. The number of thiophene rings is 1. The fraction of sp³-hybridized carbons (Fsp3) is 0.571. The molecule has 118 valence electrons. The van der Waals surface area contributed by atoms with Crippen molar-refractivity contribution in [3.05, 3.63) is 10.4 Å². The van der Waals surface area contributed by atoms with Gasteiger partial charge in [0.25, 0.3) is 5.91 Å². The summed E-state index contributed by atoms with van der Waals surface area (Å²) in [6.07, 6.45) is 2.00. The quantitative estimate of drug-likeness (QED) is 0.596. The molecule has 1 heterocycles. The lowest BCUT2D eigenvalue weighted by Gasteiger charge is -2.09. The van der Waals surface area contributed by atoms with Gasteiger partial charge in [0.15, 0.2) is 0 Å². The molecule has 0 unspecified atom stereocenters. The second kappa shape index (κ2) is 7.87. The SMILES string of the molecule is CCCCNc1sc(C(=O)N(C)C)c(N)c1C(=O)OCC. The summed E-state index contributed by atoms with van der Waals surface area (Å²) in [5.74, 6) is -0.713. The Hall–Kier alpha value is -1.76. The molecule has 0 spiro atoms. The number of anilines is 2. The second-order valence-electron chi connectivity index (χ2n) is 4.75. The molecule has 0 aliphatic heterocycles. The van der Waals surface area contributed by atoms with Crippen LogP contribution >= 0.6 is 11.3 Å². The molecular formula is C14H23N3O3S. The van der Waals surface area contributed by atoms with Crippen LogP contribution < -0.4 is 11.1 Å². The van der Waals surface area contributed by atoms with Crippen LogP contribution in [0.4, 0.5) is 10.7 Å². The van der Waals surface area contributed by atoms with Crippen LogP contribution in [0.15, 0.2) is 0 Å². The van der Waals surface area contributed by atoms with Crippen LogP contribution in [0.5, 0.6) is 0 Å². The third kappa shape index (κ3) is 4.10. The van der Waals surface area contributed by atoms with E-state index in [2.05, 4.69) is 12.2 Å². The van der Waals surface area contributed by atoms with E-state index < -0.39 is 5.97 Å². The van der Waals surface area contributed by atoms with Gasteiger partial charge in [0, 0.05) is 20.6 Å². The zero-order valence-corrected chi connectivity index (χ0v) is 13.8. The highest BCUT2D eigenvalue weighted by Gasteiger charge is 2.27. The molecule has 0 radical (unpaired) electrons. The molecule has 1 aromatic rings. The molecule has 0 atom stereocenters. The summed E-state index contributed by atoms with van der Waals surface area (Å²) >= 11 is 1.20. The van der Waals surface area contributed by atoms with E-state index in [-0.39, 0.29) is 23.8 Å². The number of esters is 1. The van der Waals surface area contributed by atoms with E-state index in [0.29, 0.717) is 9.88 Å². The van der Waals surface area contributed by atoms with Gasteiger partial charge in [-0.1, -0.05) is 13.3 Å². The Kier molecular flexibility index (Phi) is 6.48. The van der Waals surface area contributed by atoms with Gasteiger partial charge in [-0.2, -0.15) is 0 Å². The number of nitrogens with two attached hydrogens (primary N) is 1. The Bertz CT molecular complexity index is 512. The molecule has 0 saturated heterocycles. The van der Waals surface area contributed by atoms with Crippen molar-refractivity contribution < 1.29 is 14.3 Å². The first-order valence-corrected chi connectivity index (χ1v) is 7.80. The van der Waals surface area contributed by atoms with E-state index >= 15 is 0 Å². The number of rotatable bonds is 7. The van der Waals surface area contributed by atoms with Crippen LogP contribution in [0.25, 0.3) is 0 Å². The maximum absolute atomic E-state index is 12.1. The number of nitrogen functional groups attached to an aromatic ring is 1. The lowest BCUT2D eigenvalue weighted by molar-refractivity contribution is 0.0529. The molecule has 6 nitrogen and oxygen atoms in total. The van der Waals surface area contributed by atoms with Crippen LogP contribution in [0.1, 0.15) is 46.7 Å². The summed E-state index contributed by atoms with van der Waals surface area (Å²) in [5.41, 5.74) is 6.46. The Morgan fingerprint density at radius 2 is 2.00 bits per heavy atom. The number of carbonyl (C=O) groups is 2. The van der Waals surface area contributed by atoms with Crippen LogP contribution in [-0.2, 0) is 4.74 Å². The summed E-state index contributed by atoms with van der Waals surface area (Å²) in [7, 11) is 3.30. The number of hydrogen-bond acceptors (Lipinski definition) is 6. The molecule has 21 heavy (non-hydrogen) atoms. The third-order valence-corrected chi connectivity index (χ3v) is 3.99. The third-order valence-electron chi connectivity index (χ3n) is 2.84. The van der Waals surface area contributed by atoms with Crippen LogP contribution in [-0.4, -0.2) is 44.0 Å². The first-order chi connectivity index (χ1) is 9.93. The summed E-state index contributed by atoms with van der Waals surface area (Å²) in [6, 6.07) is 0. The molecule has 0 bridgehead atoms. The van der Waals surface area contributed by atoms with E-state index in [9.17, 15) is 9.59 Å². The predicted octanol–water partition coefficient (Wildman–Crippen LogP) is 2.42. The van der Waals surface area contributed by atoms with Gasteiger partial charge in [-0.3, -0.25) is 4.79 Å². The summed E-state index contributed by atoms with van der Waals surface area (Å²) in [4.78, 5) is 26.0. The highest BCUT2D eigenvalue weighted by atomic mass is 32.1. The number of carbonyl (C=O) groups excluding carboxylic acids is 2. The largest absolute Gasteiger partial charge is 0.462 e. The van der Waals surface area contributed by atoms with Crippen LogP contribution in [0, 0.1) is 0 Å². The Balaban J connectivity index is 3.16. The Morgan fingerprint density at radius 3 is 2.52 bits per heavy atom. The molecule has 1 rings (SSSR count). The molecule has 1 aromatic heterocycles. The van der Waals surface area contributed by atoms with Crippen molar-refractivity contribution in [2.24, 2.45) is 0 Å². The molecule has 7 heteroatoms. The van der Waals surface area contributed by atoms with Crippen molar-refractivity contribution in [2.75, 3.05) is 38.3 Å². The highest BCUT2D eigenvalue weighted by Crippen LogP contribution is 2.36. The molecule has 0 aromatic carbocycles. The van der Waals surface area contributed by atoms with Gasteiger partial charge in [0.1, 0.15) is 15.4 Å². The van der Waals surface area contributed by atoms with Crippen molar-refractivity contribution in [1.29, 1.82) is 0 Å². The number of nitrogens with zero attached hydrogens (tertiary/aromatic N) is 1. The van der Waals surface area contributed by atoms with Gasteiger partial charge in [0.2, 0.25) is 0 Å². The zero-order valence-electron chi connectivity index (χ0n) is 13.0. The average molecular weight is 313 g/mol. The number of amides is 1. The summed E-state index contributed by atoms with van der Waals surface area (Å²) in [5, 5.41) is 3.78. The average Bonchev–Trinajstić information content (AvgIpc) is 2.75. The number of ether oxygens (including phenoxy) is 1. The van der Waals surface area contributed by atoms with Gasteiger partial charge in [-0.25, -0.2) is 4.79 Å². The van der Waals surface area contributed by atoms with E-state index in [0.717, 1.165) is 19.4 Å². The molecular weight excluding hydrogens is 290 g/mol. The van der Waals surface area contributed by atoms with Gasteiger partial charge in [-0.05, 0) is 13.3 Å². The molecule has 0 fully saturated rings.